The number of hydrogen-bond donors (Lipinski definition) is 1. The highest BCUT2D eigenvalue weighted by molar-refractivity contribution is 7.90. The molecule has 2 N–H and O–H groups in total. The van der Waals surface area contributed by atoms with Gasteiger partial charge in [0.25, 0.3) is 0 Å². The maximum Gasteiger partial charge on any atom is 0.147 e. The zero-order valence-electron chi connectivity index (χ0n) is 10.1. The molecule has 0 spiro atoms. The van der Waals surface area contributed by atoms with E-state index in [0.717, 1.165) is 5.56 Å². The third kappa shape index (κ3) is 4.66. The van der Waals surface area contributed by atoms with Crippen molar-refractivity contribution in [2.45, 2.75) is 25.3 Å². The molecule has 0 amide bonds. The lowest BCUT2D eigenvalue weighted by Crippen LogP contribution is -2.33. The van der Waals surface area contributed by atoms with Gasteiger partial charge in [0, 0.05) is 22.6 Å². The zero-order chi connectivity index (χ0) is 13.1. The summed E-state index contributed by atoms with van der Waals surface area (Å²) in [4.78, 5) is 0. The summed E-state index contributed by atoms with van der Waals surface area (Å²) in [6, 6.07) is 7.39. The van der Waals surface area contributed by atoms with Crippen LogP contribution in [0.1, 0.15) is 25.3 Å². The minimum atomic E-state index is -2.93. The Hall–Kier alpha value is -0.580. The number of sulfone groups is 1. The van der Waals surface area contributed by atoms with Crippen LogP contribution in [0, 0.1) is 0 Å². The summed E-state index contributed by atoms with van der Waals surface area (Å²) < 4.78 is 22.1. The molecule has 0 heterocycles. The molecule has 0 saturated carbocycles. The first-order chi connectivity index (χ1) is 7.72. The Bertz CT molecular complexity index is 483. The number of benzene rings is 1. The Morgan fingerprint density at radius 2 is 1.94 bits per heavy atom. The summed E-state index contributed by atoms with van der Waals surface area (Å²) in [5.41, 5.74) is 6.45. The third-order valence-corrected chi connectivity index (χ3v) is 4.06. The van der Waals surface area contributed by atoms with Gasteiger partial charge in [0.1, 0.15) is 9.84 Å². The van der Waals surface area contributed by atoms with E-state index < -0.39 is 15.4 Å². The minimum Gasteiger partial charge on any atom is -0.322 e. The molecular formula is C12H18ClNO2S. The first-order valence-corrected chi connectivity index (χ1v) is 7.88. The van der Waals surface area contributed by atoms with Gasteiger partial charge >= 0.3 is 0 Å². The molecule has 1 aromatic carbocycles. The van der Waals surface area contributed by atoms with Crippen molar-refractivity contribution >= 4 is 21.4 Å². The largest absolute Gasteiger partial charge is 0.322 e. The van der Waals surface area contributed by atoms with Crippen LogP contribution < -0.4 is 5.73 Å². The summed E-state index contributed by atoms with van der Waals surface area (Å²) in [7, 11) is -2.93. The van der Waals surface area contributed by atoms with Crippen LogP contribution in [-0.2, 0) is 15.4 Å². The zero-order valence-corrected chi connectivity index (χ0v) is 11.7. The molecule has 0 radical (unpaired) electrons. The van der Waals surface area contributed by atoms with Crippen LogP contribution in [0.15, 0.2) is 24.3 Å². The normalized spacial score (nSPS) is 15.5. The average molecular weight is 276 g/mol. The SMILES string of the molecule is CC(N)(CCCS(C)(=O)=O)c1ccccc1Cl. The van der Waals surface area contributed by atoms with Crippen LogP contribution in [0.3, 0.4) is 0 Å². The smallest absolute Gasteiger partial charge is 0.147 e. The predicted molar refractivity (Wildman–Crippen MR) is 71.9 cm³/mol. The van der Waals surface area contributed by atoms with Crippen molar-refractivity contribution in [2.75, 3.05) is 12.0 Å². The van der Waals surface area contributed by atoms with E-state index in [-0.39, 0.29) is 5.75 Å². The van der Waals surface area contributed by atoms with Crippen molar-refractivity contribution < 1.29 is 8.42 Å². The van der Waals surface area contributed by atoms with Crippen molar-refractivity contribution in [3.63, 3.8) is 0 Å². The molecule has 0 bridgehead atoms. The van der Waals surface area contributed by atoms with Gasteiger partial charge in [-0.15, -0.1) is 0 Å². The van der Waals surface area contributed by atoms with Crippen LogP contribution in [0.25, 0.3) is 0 Å². The fourth-order valence-electron chi connectivity index (χ4n) is 1.76. The summed E-state index contributed by atoms with van der Waals surface area (Å²) in [5.74, 6) is 0.157. The Labute approximate surface area is 108 Å². The van der Waals surface area contributed by atoms with Gasteiger partial charge in [-0.05, 0) is 31.4 Å². The maximum atomic E-state index is 11.1. The summed E-state index contributed by atoms with van der Waals surface area (Å²) >= 11 is 6.08. The predicted octanol–water partition coefficient (Wildman–Crippen LogP) is 2.34. The topological polar surface area (TPSA) is 60.2 Å². The second-order valence-electron chi connectivity index (χ2n) is 4.63. The van der Waals surface area contributed by atoms with Crippen LogP contribution in [0.4, 0.5) is 0 Å². The minimum absolute atomic E-state index is 0.157. The molecule has 1 atom stereocenters. The molecule has 0 saturated heterocycles. The fraction of sp³-hybridized carbons (Fsp3) is 0.500. The standard InChI is InChI=1S/C12H18ClNO2S/c1-12(14,8-5-9-17(2,15)16)10-6-3-4-7-11(10)13/h3-4,6-7H,5,8-9,14H2,1-2H3. The molecule has 17 heavy (non-hydrogen) atoms. The van der Waals surface area contributed by atoms with Gasteiger partial charge in [0.15, 0.2) is 0 Å². The van der Waals surface area contributed by atoms with Gasteiger partial charge in [0.05, 0.1) is 0 Å². The third-order valence-electron chi connectivity index (χ3n) is 2.70. The highest BCUT2D eigenvalue weighted by Crippen LogP contribution is 2.29. The molecule has 3 nitrogen and oxygen atoms in total. The van der Waals surface area contributed by atoms with E-state index >= 15 is 0 Å². The molecule has 0 aliphatic carbocycles. The molecule has 96 valence electrons. The average Bonchev–Trinajstić information content (AvgIpc) is 2.15. The van der Waals surface area contributed by atoms with E-state index in [4.69, 9.17) is 17.3 Å². The second kappa shape index (κ2) is 5.38. The van der Waals surface area contributed by atoms with E-state index in [1.54, 1.807) is 6.07 Å². The first kappa shape index (κ1) is 14.5. The Morgan fingerprint density at radius 1 is 1.35 bits per heavy atom. The summed E-state index contributed by atoms with van der Waals surface area (Å²) in [5, 5.41) is 0.622. The summed E-state index contributed by atoms with van der Waals surface area (Å²) in [6.07, 6.45) is 2.36. The van der Waals surface area contributed by atoms with Crippen LogP contribution in [0.5, 0.6) is 0 Å². The maximum absolute atomic E-state index is 11.1. The fourth-order valence-corrected chi connectivity index (χ4v) is 2.78. The van der Waals surface area contributed by atoms with Crippen molar-refractivity contribution in [3.8, 4) is 0 Å². The lowest BCUT2D eigenvalue weighted by molar-refractivity contribution is 0.446. The van der Waals surface area contributed by atoms with Gasteiger partial charge in [0.2, 0.25) is 0 Å². The van der Waals surface area contributed by atoms with Gasteiger partial charge in [-0.1, -0.05) is 29.8 Å². The molecule has 0 aliphatic rings. The van der Waals surface area contributed by atoms with Crippen LogP contribution >= 0.6 is 11.6 Å². The first-order valence-electron chi connectivity index (χ1n) is 5.44. The number of halogens is 1. The van der Waals surface area contributed by atoms with Gasteiger partial charge < -0.3 is 5.73 Å². The highest BCUT2D eigenvalue weighted by atomic mass is 35.5. The summed E-state index contributed by atoms with van der Waals surface area (Å²) in [6.45, 7) is 1.87. The van der Waals surface area contributed by atoms with Crippen molar-refractivity contribution in [1.29, 1.82) is 0 Å². The van der Waals surface area contributed by atoms with Crippen LogP contribution in [-0.4, -0.2) is 20.4 Å². The molecule has 0 fully saturated rings. The molecule has 5 heteroatoms. The van der Waals surface area contributed by atoms with Crippen molar-refractivity contribution in [2.24, 2.45) is 5.73 Å². The highest BCUT2D eigenvalue weighted by Gasteiger charge is 2.23. The number of nitrogens with two attached hydrogens (primary N) is 1. The van der Waals surface area contributed by atoms with Crippen molar-refractivity contribution in [3.05, 3.63) is 34.9 Å². The van der Waals surface area contributed by atoms with Crippen molar-refractivity contribution in [1.82, 2.24) is 0 Å². The Morgan fingerprint density at radius 3 is 2.47 bits per heavy atom. The van der Waals surface area contributed by atoms with E-state index in [0.29, 0.717) is 17.9 Å². The number of hydrogen-bond acceptors (Lipinski definition) is 3. The van der Waals surface area contributed by atoms with E-state index in [2.05, 4.69) is 0 Å². The number of rotatable bonds is 5. The van der Waals surface area contributed by atoms with Gasteiger partial charge in [-0.2, -0.15) is 0 Å². The molecule has 0 aromatic heterocycles. The molecule has 1 aromatic rings. The quantitative estimate of drug-likeness (QED) is 0.897. The Kier molecular flexibility index (Phi) is 4.58. The van der Waals surface area contributed by atoms with Crippen LogP contribution in [0.2, 0.25) is 5.02 Å². The van der Waals surface area contributed by atoms with E-state index in [1.165, 1.54) is 6.26 Å². The van der Waals surface area contributed by atoms with Gasteiger partial charge in [-0.25, -0.2) is 8.42 Å². The molecular weight excluding hydrogens is 258 g/mol. The molecule has 0 aliphatic heterocycles. The van der Waals surface area contributed by atoms with E-state index in [1.807, 2.05) is 25.1 Å². The van der Waals surface area contributed by atoms with E-state index in [9.17, 15) is 8.42 Å². The molecule has 1 unspecified atom stereocenters. The second-order valence-corrected chi connectivity index (χ2v) is 7.30. The monoisotopic (exact) mass is 275 g/mol. The Balaban J connectivity index is 2.72. The lowest BCUT2D eigenvalue weighted by atomic mass is 9.89. The lowest BCUT2D eigenvalue weighted by Gasteiger charge is -2.26. The molecule has 1 rings (SSSR count). The van der Waals surface area contributed by atoms with Gasteiger partial charge in [-0.3, -0.25) is 0 Å².